The predicted octanol–water partition coefficient (Wildman–Crippen LogP) is 3.38. The first-order valence-electron chi connectivity index (χ1n) is 8.49. The maximum atomic E-state index is 4.67. The van der Waals surface area contributed by atoms with Crippen LogP contribution in [0.25, 0.3) is 0 Å². The molecule has 0 bridgehead atoms. The Balaban J connectivity index is 0.00000312. The van der Waals surface area contributed by atoms with Crippen molar-refractivity contribution in [2.45, 2.75) is 39.7 Å². The lowest BCUT2D eigenvalue weighted by Gasteiger charge is -2.28. The Morgan fingerprint density at radius 3 is 2.52 bits per heavy atom. The molecule has 0 amide bonds. The second kappa shape index (κ2) is 9.79. The van der Waals surface area contributed by atoms with Crippen LogP contribution in [0.3, 0.4) is 0 Å². The number of hydrogen-bond acceptors (Lipinski definition) is 2. The van der Waals surface area contributed by atoms with E-state index >= 15 is 0 Å². The monoisotopic (exact) mass is 455 g/mol. The lowest BCUT2D eigenvalue weighted by Crippen LogP contribution is -2.43. The summed E-state index contributed by atoms with van der Waals surface area (Å²) in [6.07, 6.45) is 1.80. The minimum atomic E-state index is 0. The van der Waals surface area contributed by atoms with Crippen LogP contribution in [0.5, 0.6) is 0 Å². The van der Waals surface area contributed by atoms with E-state index < -0.39 is 0 Å². The maximum absolute atomic E-state index is 4.67. The van der Waals surface area contributed by atoms with Gasteiger partial charge in [-0.05, 0) is 31.0 Å². The molecule has 0 atom stereocenters. The van der Waals surface area contributed by atoms with Gasteiger partial charge in [0.05, 0.1) is 12.2 Å². The van der Waals surface area contributed by atoms with Crippen molar-refractivity contribution in [3.05, 3.63) is 53.3 Å². The first-order valence-corrected chi connectivity index (χ1v) is 8.49. The zero-order valence-corrected chi connectivity index (χ0v) is 18.2. The van der Waals surface area contributed by atoms with Crippen molar-refractivity contribution in [3.63, 3.8) is 0 Å². The minimum Gasteiger partial charge on any atom is -0.357 e. The highest BCUT2D eigenvalue weighted by Gasteiger charge is 2.22. The average molecular weight is 455 g/mol. The molecule has 2 N–H and O–H groups in total. The average Bonchev–Trinajstić information content (AvgIpc) is 2.95. The number of halogens is 1. The van der Waals surface area contributed by atoms with E-state index in [1.807, 2.05) is 17.8 Å². The molecule has 2 aromatic rings. The molecule has 5 nitrogen and oxygen atoms in total. The van der Waals surface area contributed by atoms with E-state index in [0.29, 0.717) is 6.54 Å². The maximum Gasteiger partial charge on any atom is 0.191 e. The number of nitrogens with one attached hydrogen (secondary N) is 2. The van der Waals surface area contributed by atoms with Gasteiger partial charge in [0.25, 0.3) is 0 Å². The van der Waals surface area contributed by atoms with Gasteiger partial charge in [0.15, 0.2) is 5.96 Å². The van der Waals surface area contributed by atoms with E-state index in [9.17, 15) is 0 Å². The van der Waals surface area contributed by atoms with Crippen LogP contribution in [0, 0.1) is 6.92 Å². The second-order valence-electron chi connectivity index (χ2n) is 6.69. The fourth-order valence-corrected chi connectivity index (χ4v) is 2.79. The number of aliphatic imine (C=N–C) groups is 1. The second-order valence-corrected chi connectivity index (χ2v) is 6.69. The first-order chi connectivity index (χ1) is 11.4. The summed E-state index contributed by atoms with van der Waals surface area (Å²) in [5, 5.41) is 11.0. The molecule has 0 unspecified atom stereocenters. The number of rotatable bonds is 6. The van der Waals surface area contributed by atoms with Gasteiger partial charge in [-0.3, -0.25) is 4.68 Å². The van der Waals surface area contributed by atoms with Gasteiger partial charge in [-0.2, -0.15) is 5.10 Å². The first kappa shape index (κ1) is 21.5. The Labute approximate surface area is 168 Å². The van der Waals surface area contributed by atoms with Gasteiger partial charge in [0, 0.05) is 31.7 Å². The lowest BCUT2D eigenvalue weighted by atomic mass is 9.82. The van der Waals surface area contributed by atoms with Crippen LogP contribution in [0.15, 0.2) is 41.5 Å². The number of benzene rings is 1. The van der Waals surface area contributed by atoms with Crippen LogP contribution in [-0.2, 0) is 19.0 Å². The standard InChI is InChI=1S/C19H29N5.HI/c1-6-20-18(21-13-16-11-12-23-24(16)5)22-14-19(3,4)17-10-8-7-9-15(17)2;/h7-12H,6,13-14H2,1-5H3,(H2,20,21,22);1H. The molecule has 6 heteroatoms. The summed E-state index contributed by atoms with van der Waals surface area (Å²) in [7, 11) is 1.94. The number of hydrogen-bond donors (Lipinski definition) is 2. The molecule has 1 aromatic heterocycles. The van der Waals surface area contributed by atoms with Crippen LogP contribution in [0.1, 0.15) is 37.6 Å². The van der Waals surface area contributed by atoms with E-state index in [1.54, 1.807) is 6.20 Å². The summed E-state index contributed by atoms with van der Waals surface area (Å²) in [5.74, 6) is 0.834. The molecule has 0 saturated heterocycles. The Bertz CT molecular complexity index is 691. The van der Waals surface area contributed by atoms with Gasteiger partial charge in [0.2, 0.25) is 0 Å². The smallest absolute Gasteiger partial charge is 0.191 e. The lowest BCUT2D eigenvalue weighted by molar-refractivity contribution is 0.506. The van der Waals surface area contributed by atoms with Crippen molar-refractivity contribution in [2.24, 2.45) is 12.0 Å². The molecule has 0 spiro atoms. The third-order valence-electron chi connectivity index (χ3n) is 4.24. The summed E-state index contributed by atoms with van der Waals surface area (Å²) in [6.45, 7) is 11.0. The summed E-state index contributed by atoms with van der Waals surface area (Å²) in [6, 6.07) is 10.5. The fraction of sp³-hybridized carbons (Fsp3) is 0.474. The molecule has 0 radical (unpaired) electrons. The summed E-state index contributed by atoms with van der Waals surface area (Å²) in [5.41, 5.74) is 3.79. The molecule has 0 aliphatic rings. The Morgan fingerprint density at radius 1 is 1.20 bits per heavy atom. The molecule has 1 heterocycles. The van der Waals surface area contributed by atoms with E-state index in [2.05, 4.69) is 72.7 Å². The van der Waals surface area contributed by atoms with Gasteiger partial charge in [-0.25, -0.2) is 4.99 Å². The fourth-order valence-electron chi connectivity index (χ4n) is 2.79. The molecule has 0 aliphatic heterocycles. The SMILES string of the molecule is CCNC(=NCc1ccnn1C)NCC(C)(C)c1ccccc1C.I. The van der Waals surface area contributed by atoms with Gasteiger partial charge in [-0.1, -0.05) is 38.1 Å². The molecular formula is C19H30IN5. The summed E-state index contributed by atoms with van der Waals surface area (Å²) < 4.78 is 1.85. The molecule has 0 aliphatic carbocycles. The van der Waals surface area contributed by atoms with E-state index in [1.165, 1.54) is 11.1 Å². The van der Waals surface area contributed by atoms with Crippen molar-refractivity contribution in [2.75, 3.05) is 13.1 Å². The van der Waals surface area contributed by atoms with Crippen molar-refractivity contribution in [3.8, 4) is 0 Å². The molecule has 0 fully saturated rings. The molecule has 2 rings (SSSR count). The highest BCUT2D eigenvalue weighted by atomic mass is 127. The molecule has 1 aromatic carbocycles. The molecular weight excluding hydrogens is 425 g/mol. The van der Waals surface area contributed by atoms with Crippen molar-refractivity contribution < 1.29 is 0 Å². The topological polar surface area (TPSA) is 54.2 Å². The number of aromatic nitrogens is 2. The zero-order chi connectivity index (χ0) is 17.6. The van der Waals surface area contributed by atoms with Crippen molar-refractivity contribution in [1.29, 1.82) is 0 Å². The van der Waals surface area contributed by atoms with Crippen LogP contribution in [0.2, 0.25) is 0 Å². The van der Waals surface area contributed by atoms with E-state index in [-0.39, 0.29) is 29.4 Å². The van der Waals surface area contributed by atoms with Crippen LogP contribution in [-0.4, -0.2) is 28.8 Å². The van der Waals surface area contributed by atoms with Crippen LogP contribution < -0.4 is 10.6 Å². The third kappa shape index (κ3) is 6.02. The van der Waals surface area contributed by atoms with Crippen molar-refractivity contribution in [1.82, 2.24) is 20.4 Å². The van der Waals surface area contributed by atoms with Gasteiger partial charge in [-0.15, -0.1) is 24.0 Å². The van der Waals surface area contributed by atoms with Gasteiger partial charge in [0.1, 0.15) is 0 Å². The van der Waals surface area contributed by atoms with E-state index in [0.717, 1.165) is 24.7 Å². The Morgan fingerprint density at radius 2 is 1.92 bits per heavy atom. The largest absolute Gasteiger partial charge is 0.357 e. The quantitative estimate of drug-likeness (QED) is 0.399. The normalized spacial score (nSPS) is 11.8. The van der Waals surface area contributed by atoms with Gasteiger partial charge < -0.3 is 10.6 Å². The summed E-state index contributed by atoms with van der Waals surface area (Å²) >= 11 is 0. The zero-order valence-electron chi connectivity index (χ0n) is 15.8. The van der Waals surface area contributed by atoms with E-state index in [4.69, 9.17) is 0 Å². The van der Waals surface area contributed by atoms with Crippen LogP contribution in [0.4, 0.5) is 0 Å². The third-order valence-corrected chi connectivity index (χ3v) is 4.24. The highest BCUT2D eigenvalue weighted by Crippen LogP contribution is 2.25. The minimum absolute atomic E-state index is 0. The van der Waals surface area contributed by atoms with Crippen molar-refractivity contribution >= 4 is 29.9 Å². The van der Waals surface area contributed by atoms with Crippen LogP contribution >= 0.6 is 24.0 Å². The number of nitrogens with zero attached hydrogens (tertiary/aromatic N) is 3. The Hall–Kier alpha value is -1.57. The predicted molar refractivity (Wildman–Crippen MR) is 116 cm³/mol. The highest BCUT2D eigenvalue weighted by molar-refractivity contribution is 14.0. The Kier molecular flexibility index (Phi) is 8.41. The van der Waals surface area contributed by atoms with Gasteiger partial charge >= 0.3 is 0 Å². The molecule has 138 valence electrons. The number of aryl methyl sites for hydroxylation is 2. The molecule has 25 heavy (non-hydrogen) atoms. The number of guanidine groups is 1. The summed E-state index contributed by atoms with van der Waals surface area (Å²) in [4.78, 5) is 4.67. The molecule has 0 saturated carbocycles.